The predicted octanol–water partition coefficient (Wildman–Crippen LogP) is 4.89. The minimum Gasteiger partial charge on any atom is -0.355 e. The van der Waals surface area contributed by atoms with E-state index in [1.165, 1.54) is 0 Å². The molecule has 2 aromatic heterocycles. The number of fused-ring (bicyclic) bond motifs is 3. The first kappa shape index (κ1) is 13.7. The van der Waals surface area contributed by atoms with Crippen molar-refractivity contribution in [3.8, 4) is 11.3 Å². The number of aromatic nitrogens is 2. The van der Waals surface area contributed by atoms with Crippen molar-refractivity contribution in [1.82, 2.24) is 9.97 Å². The first-order chi connectivity index (χ1) is 11.1. The molecule has 0 aliphatic carbocycles. The Labute approximate surface area is 134 Å². The molecule has 0 radical (unpaired) electrons. The van der Waals surface area contributed by atoms with E-state index in [1.54, 1.807) is 6.92 Å². The molecule has 0 spiro atoms. The van der Waals surface area contributed by atoms with Gasteiger partial charge >= 0.3 is 0 Å². The van der Waals surface area contributed by atoms with E-state index in [4.69, 9.17) is 0 Å². The van der Waals surface area contributed by atoms with E-state index in [1.807, 2.05) is 43.3 Å². The van der Waals surface area contributed by atoms with Gasteiger partial charge in [-0.15, -0.1) is 0 Å². The highest BCUT2D eigenvalue weighted by Crippen LogP contribution is 2.30. The van der Waals surface area contributed by atoms with E-state index in [0.717, 1.165) is 44.3 Å². The van der Waals surface area contributed by atoms with Crippen molar-refractivity contribution in [2.45, 2.75) is 13.8 Å². The summed E-state index contributed by atoms with van der Waals surface area (Å²) in [5.41, 5.74) is 5.88. The van der Waals surface area contributed by atoms with Gasteiger partial charge in [-0.3, -0.25) is 9.78 Å². The Hall–Kier alpha value is -2.94. The number of aromatic amines is 1. The molecule has 0 atom stereocenters. The van der Waals surface area contributed by atoms with Gasteiger partial charge in [-0.2, -0.15) is 0 Å². The summed E-state index contributed by atoms with van der Waals surface area (Å²) in [6.45, 7) is 3.59. The van der Waals surface area contributed by atoms with Crippen molar-refractivity contribution in [2.24, 2.45) is 0 Å². The van der Waals surface area contributed by atoms with Gasteiger partial charge in [-0.05, 0) is 56.3 Å². The predicted molar refractivity (Wildman–Crippen MR) is 93.8 cm³/mol. The SMILES string of the molecule is CC(=O)c1ccc2[nH]c3ccc(-c4cccc(C)n4)cc3c2c1. The lowest BCUT2D eigenvalue weighted by Gasteiger charge is -2.03. The molecule has 0 saturated carbocycles. The van der Waals surface area contributed by atoms with Gasteiger partial charge in [0, 0.05) is 38.6 Å². The Morgan fingerprint density at radius 2 is 1.70 bits per heavy atom. The third kappa shape index (κ3) is 2.30. The smallest absolute Gasteiger partial charge is 0.159 e. The summed E-state index contributed by atoms with van der Waals surface area (Å²) in [5.74, 6) is 0.0813. The minimum atomic E-state index is 0.0813. The molecule has 0 aliphatic heterocycles. The lowest BCUT2D eigenvalue weighted by molar-refractivity contribution is 0.101. The van der Waals surface area contributed by atoms with E-state index in [0.29, 0.717) is 0 Å². The van der Waals surface area contributed by atoms with Crippen LogP contribution in [0.4, 0.5) is 0 Å². The number of ketones is 1. The molecule has 4 aromatic rings. The largest absolute Gasteiger partial charge is 0.355 e. The number of carbonyl (C=O) groups excluding carboxylic acids is 1. The number of pyridine rings is 1. The van der Waals surface area contributed by atoms with Crippen LogP contribution in [0.15, 0.2) is 54.6 Å². The molecule has 112 valence electrons. The van der Waals surface area contributed by atoms with Crippen LogP contribution in [0, 0.1) is 6.92 Å². The lowest BCUT2D eigenvalue weighted by Crippen LogP contribution is -1.90. The van der Waals surface area contributed by atoms with Crippen molar-refractivity contribution in [2.75, 3.05) is 0 Å². The molecule has 3 nitrogen and oxygen atoms in total. The Balaban J connectivity index is 1.98. The summed E-state index contributed by atoms with van der Waals surface area (Å²) in [5, 5.41) is 2.19. The van der Waals surface area contributed by atoms with Gasteiger partial charge in [0.2, 0.25) is 0 Å². The molecule has 0 aliphatic rings. The van der Waals surface area contributed by atoms with Crippen LogP contribution < -0.4 is 0 Å². The number of benzene rings is 2. The quantitative estimate of drug-likeness (QED) is 0.535. The van der Waals surface area contributed by atoms with Crippen LogP contribution in [0.1, 0.15) is 23.0 Å². The standard InChI is InChI=1S/C20H16N2O/c1-12-4-3-5-18(21-12)15-7-9-20-17(11-15)16-10-14(13(2)23)6-8-19(16)22-20/h3-11,22H,1-2H3. The molecular formula is C20H16N2O. The Bertz CT molecular complexity index is 1060. The summed E-state index contributed by atoms with van der Waals surface area (Å²) in [4.78, 5) is 19.7. The number of Topliss-reactive ketones (excluding diaryl/α,β-unsaturated/α-hetero) is 1. The maximum absolute atomic E-state index is 11.7. The number of hydrogen-bond acceptors (Lipinski definition) is 2. The van der Waals surface area contributed by atoms with E-state index in [2.05, 4.69) is 28.2 Å². The summed E-state index contributed by atoms with van der Waals surface area (Å²) in [7, 11) is 0. The molecule has 23 heavy (non-hydrogen) atoms. The average molecular weight is 300 g/mol. The topological polar surface area (TPSA) is 45.8 Å². The molecule has 0 amide bonds. The highest BCUT2D eigenvalue weighted by atomic mass is 16.1. The molecule has 4 rings (SSSR count). The molecule has 0 fully saturated rings. The number of nitrogens with one attached hydrogen (secondary N) is 1. The van der Waals surface area contributed by atoms with Gasteiger partial charge in [0.05, 0.1) is 5.69 Å². The van der Waals surface area contributed by atoms with Gasteiger partial charge < -0.3 is 4.98 Å². The van der Waals surface area contributed by atoms with Crippen LogP contribution >= 0.6 is 0 Å². The van der Waals surface area contributed by atoms with E-state index < -0.39 is 0 Å². The number of H-pyrrole nitrogens is 1. The van der Waals surface area contributed by atoms with Crippen LogP contribution in [-0.4, -0.2) is 15.8 Å². The number of carbonyl (C=O) groups is 1. The maximum Gasteiger partial charge on any atom is 0.159 e. The molecule has 1 N–H and O–H groups in total. The van der Waals surface area contributed by atoms with Crippen molar-refractivity contribution in [3.63, 3.8) is 0 Å². The first-order valence-corrected chi connectivity index (χ1v) is 7.62. The molecule has 0 bridgehead atoms. The number of rotatable bonds is 2. The maximum atomic E-state index is 11.7. The fourth-order valence-electron chi connectivity index (χ4n) is 2.98. The second-order valence-electron chi connectivity index (χ2n) is 5.87. The average Bonchev–Trinajstić information content (AvgIpc) is 2.91. The first-order valence-electron chi connectivity index (χ1n) is 7.62. The van der Waals surface area contributed by atoms with Crippen molar-refractivity contribution in [1.29, 1.82) is 0 Å². The zero-order chi connectivity index (χ0) is 16.0. The van der Waals surface area contributed by atoms with Crippen molar-refractivity contribution >= 4 is 27.6 Å². The van der Waals surface area contributed by atoms with Crippen LogP contribution in [0.25, 0.3) is 33.1 Å². The van der Waals surface area contributed by atoms with Crippen LogP contribution in [0.5, 0.6) is 0 Å². The second kappa shape index (κ2) is 5.06. The number of aryl methyl sites for hydroxylation is 1. The number of nitrogens with zero attached hydrogens (tertiary/aromatic N) is 1. The molecule has 3 heteroatoms. The van der Waals surface area contributed by atoms with E-state index in [-0.39, 0.29) is 5.78 Å². The summed E-state index contributed by atoms with van der Waals surface area (Å²) in [6, 6.07) is 18.1. The zero-order valence-corrected chi connectivity index (χ0v) is 13.1. The fraction of sp³-hybridized carbons (Fsp3) is 0.100. The van der Waals surface area contributed by atoms with Crippen LogP contribution in [0.2, 0.25) is 0 Å². The van der Waals surface area contributed by atoms with Gasteiger partial charge in [0.1, 0.15) is 0 Å². The van der Waals surface area contributed by atoms with Crippen molar-refractivity contribution in [3.05, 3.63) is 65.9 Å². The Kier molecular flexibility index (Phi) is 3.01. The monoisotopic (exact) mass is 300 g/mol. The third-order valence-electron chi connectivity index (χ3n) is 4.19. The molecule has 0 unspecified atom stereocenters. The zero-order valence-electron chi connectivity index (χ0n) is 13.1. The second-order valence-corrected chi connectivity index (χ2v) is 5.87. The summed E-state index contributed by atoms with van der Waals surface area (Å²) < 4.78 is 0. The number of hydrogen-bond donors (Lipinski definition) is 1. The Morgan fingerprint density at radius 1 is 0.957 bits per heavy atom. The molecule has 2 aromatic carbocycles. The highest BCUT2D eigenvalue weighted by molar-refractivity contribution is 6.10. The normalized spacial score (nSPS) is 11.2. The molecular weight excluding hydrogens is 284 g/mol. The van der Waals surface area contributed by atoms with Crippen molar-refractivity contribution < 1.29 is 4.79 Å². The van der Waals surface area contributed by atoms with E-state index in [9.17, 15) is 4.79 Å². The summed E-state index contributed by atoms with van der Waals surface area (Å²) in [6.07, 6.45) is 0. The summed E-state index contributed by atoms with van der Waals surface area (Å²) >= 11 is 0. The van der Waals surface area contributed by atoms with Gasteiger partial charge in [-0.1, -0.05) is 12.1 Å². The fourth-order valence-corrected chi connectivity index (χ4v) is 2.98. The van der Waals surface area contributed by atoms with Crippen LogP contribution in [0.3, 0.4) is 0 Å². The van der Waals surface area contributed by atoms with E-state index >= 15 is 0 Å². The van der Waals surface area contributed by atoms with Gasteiger partial charge in [0.25, 0.3) is 0 Å². The minimum absolute atomic E-state index is 0.0813. The van der Waals surface area contributed by atoms with Gasteiger partial charge in [0.15, 0.2) is 5.78 Å². The van der Waals surface area contributed by atoms with Crippen LogP contribution in [-0.2, 0) is 0 Å². The third-order valence-corrected chi connectivity index (χ3v) is 4.19. The molecule has 2 heterocycles. The molecule has 0 saturated heterocycles. The highest BCUT2D eigenvalue weighted by Gasteiger charge is 2.09. The lowest BCUT2D eigenvalue weighted by atomic mass is 10.0. The Morgan fingerprint density at radius 3 is 2.43 bits per heavy atom. The van der Waals surface area contributed by atoms with Gasteiger partial charge in [-0.25, -0.2) is 0 Å².